The van der Waals surface area contributed by atoms with E-state index in [1.165, 1.54) is 12.8 Å². The van der Waals surface area contributed by atoms with E-state index < -0.39 is 10.0 Å². The molecule has 2 aliphatic rings. The zero-order chi connectivity index (χ0) is 17.2. The van der Waals surface area contributed by atoms with Gasteiger partial charge in [0.1, 0.15) is 0 Å². The predicted octanol–water partition coefficient (Wildman–Crippen LogP) is 2.59. The van der Waals surface area contributed by atoms with Crippen LogP contribution in [0.1, 0.15) is 49.8 Å². The summed E-state index contributed by atoms with van der Waals surface area (Å²) in [4.78, 5) is 0.300. The Bertz CT molecular complexity index is 703. The lowest BCUT2D eigenvalue weighted by Gasteiger charge is -2.23. The van der Waals surface area contributed by atoms with Crippen molar-refractivity contribution in [2.45, 2.75) is 49.6 Å². The Hall–Kier alpha value is -1.21. The molecule has 1 heterocycles. The van der Waals surface area contributed by atoms with Gasteiger partial charge in [0.2, 0.25) is 10.0 Å². The van der Waals surface area contributed by atoms with E-state index >= 15 is 0 Å². The van der Waals surface area contributed by atoms with Gasteiger partial charge in [-0.2, -0.15) is 0 Å². The fourth-order valence-electron chi connectivity index (χ4n) is 2.91. The number of hydrogen-bond acceptors (Lipinski definition) is 4. The molecule has 3 N–H and O–H groups in total. The van der Waals surface area contributed by atoms with Crippen molar-refractivity contribution < 1.29 is 13.2 Å². The highest BCUT2D eigenvalue weighted by atomic mass is 32.2. The number of nitrogens with two attached hydrogens (primary N) is 1. The Balaban J connectivity index is 1.84. The zero-order valence-corrected chi connectivity index (χ0v) is 14.9. The van der Waals surface area contributed by atoms with Crippen LogP contribution >= 0.6 is 0 Å². The Morgan fingerprint density at radius 3 is 2.58 bits per heavy atom. The van der Waals surface area contributed by atoms with Crippen molar-refractivity contribution >= 4 is 16.1 Å². The van der Waals surface area contributed by atoms with Crippen LogP contribution in [-0.4, -0.2) is 27.7 Å². The maximum atomic E-state index is 12.7. The van der Waals surface area contributed by atoms with Crippen LogP contribution in [0.15, 0.2) is 29.2 Å². The van der Waals surface area contributed by atoms with E-state index in [9.17, 15) is 8.42 Å². The van der Waals surface area contributed by atoms with Gasteiger partial charge in [-0.25, -0.2) is 13.1 Å². The van der Waals surface area contributed by atoms with Gasteiger partial charge < -0.3 is 10.5 Å². The number of allylic oxidation sites excluding steroid dienone is 1. The molecule has 1 atom stereocenters. The summed E-state index contributed by atoms with van der Waals surface area (Å²) in [5, 5.41) is 0. The third-order valence-electron chi connectivity index (χ3n) is 4.57. The average molecular weight is 350 g/mol. The molecule has 6 heteroatoms. The van der Waals surface area contributed by atoms with E-state index in [0.717, 1.165) is 11.1 Å². The fourth-order valence-corrected chi connectivity index (χ4v) is 4.25. The van der Waals surface area contributed by atoms with Crippen LogP contribution in [0.4, 0.5) is 0 Å². The molecule has 2 fully saturated rings. The first-order valence-corrected chi connectivity index (χ1v) is 10.1. The third-order valence-corrected chi connectivity index (χ3v) is 6.09. The SMILES string of the molecule is C[C@@H](N)c1ccc(S(=O)(=O)NC2CCOCC2)cc1/C=C/C1CC1. The molecule has 0 unspecified atom stereocenters. The van der Waals surface area contributed by atoms with Gasteiger partial charge in [-0.1, -0.05) is 18.2 Å². The fraction of sp³-hybridized carbons (Fsp3) is 0.556. The van der Waals surface area contributed by atoms with Crippen molar-refractivity contribution in [1.82, 2.24) is 4.72 Å². The molecular weight excluding hydrogens is 324 g/mol. The minimum atomic E-state index is -3.53. The minimum Gasteiger partial charge on any atom is -0.381 e. The van der Waals surface area contributed by atoms with Crippen LogP contribution in [0, 0.1) is 5.92 Å². The molecule has 0 spiro atoms. The predicted molar refractivity (Wildman–Crippen MR) is 95.0 cm³/mol. The largest absolute Gasteiger partial charge is 0.381 e. The molecule has 5 nitrogen and oxygen atoms in total. The van der Waals surface area contributed by atoms with Crippen molar-refractivity contribution in [3.63, 3.8) is 0 Å². The number of sulfonamides is 1. The first kappa shape index (κ1) is 17.6. The van der Waals surface area contributed by atoms with E-state index in [1.807, 2.05) is 19.1 Å². The first-order valence-electron chi connectivity index (χ1n) is 8.63. The van der Waals surface area contributed by atoms with E-state index in [2.05, 4.69) is 10.8 Å². The summed E-state index contributed by atoms with van der Waals surface area (Å²) in [6, 6.07) is 5.02. The van der Waals surface area contributed by atoms with Crippen molar-refractivity contribution in [3.8, 4) is 0 Å². The molecule has 1 aromatic rings. The molecule has 3 rings (SSSR count). The molecule has 1 aromatic carbocycles. The van der Waals surface area contributed by atoms with Gasteiger partial charge in [-0.05, 0) is 61.8 Å². The molecule has 0 amide bonds. The lowest BCUT2D eigenvalue weighted by Crippen LogP contribution is -2.38. The highest BCUT2D eigenvalue weighted by Gasteiger charge is 2.23. The molecule has 1 saturated heterocycles. The number of ether oxygens (including phenoxy) is 1. The van der Waals surface area contributed by atoms with E-state index in [-0.39, 0.29) is 12.1 Å². The number of rotatable bonds is 6. The van der Waals surface area contributed by atoms with Crippen molar-refractivity contribution in [2.24, 2.45) is 11.7 Å². The summed E-state index contributed by atoms with van der Waals surface area (Å²) in [5.74, 6) is 0.631. The monoisotopic (exact) mass is 350 g/mol. The topological polar surface area (TPSA) is 81.4 Å². The van der Waals surface area contributed by atoms with Crippen molar-refractivity contribution in [3.05, 3.63) is 35.4 Å². The van der Waals surface area contributed by atoms with Gasteiger partial charge in [0.25, 0.3) is 0 Å². The van der Waals surface area contributed by atoms with Gasteiger partial charge in [0, 0.05) is 25.3 Å². The van der Waals surface area contributed by atoms with Crippen LogP contribution in [-0.2, 0) is 14.8 Å². The molecule has 132 valence electrons. The lowest BCUT2D eigenvalue weighted by molar-refractivity contribution is 0.0832. The van der Waals surface area contributed by atoms with E-state index in [4.69, 9.17) is 10.5 Å². The van der Waals surface area contributed by atoms with Gasteiger partial charge in [0.05, 0.1) is 4.90 Å². The van der Waals surface area contributed by atoms with Gasteiger partial charge in [-0.3, -0.25) is 0 Å². The van der Waals surface area contributed by atoms with Gasteiger partial charge in [0.15, 0.2) is 0 Å². The van der Waals surface area contributed by atoms with Gasteiger partial charge >= 0.3 is 0 Å². The Kier molecular flexibility index (Phi) is 5.39. The second-order valence-corrected chi connectivity index (χ2v) is 8.50. The smallest absolute Gasteiger partial charge is 0.240 e. The maximum absolute atomic E-state index is 12.7. The lowest BCUT2D eigenvalue weighted by atomic mass is 10.0. The molecule has 0 radical (unpaired) electrons. The summed E-state index contributed by atoms with van der Waals surface area (Å²) in [5.41, 5.74) is 7.90. The molecule has 0 bridgehead atoms. The van der Waals surface area contributed by atoms with Crippen LogP contribution in [0.25, 0.3) is 6.08 Å². The summed E-state index contributed by atoms with van der Waals surface area (Å²) in [6.45, 7) is 3.12. The summed E-state index contributed by atoms with van der Waals surface area (Å²) in [7, 11) is -3.53. The molecular formula is C18H26N2O3S. The van der Waals surface area contributed by atoms with Crippen LogP contribution in [0.5, 0.6) is 0 Å². The molecule has 0 aromatic heterocycles. The Morgan fingerprint density at radius 2 is 1.96 bits per heavy atom. The summed E-state index contributed by atoms with van der Waals surface area (Å²) < 4.78 is 33.4. The molecule has 1 aliphatic heterocycles. The normalized spacial score (nSPS) is 21.2. The van der Waals surface area contributed by atoms with Crippen LogP contribution in [0.2, 0.25) is 0 Å². The van der Waals surface area contributed by atoms with Crippen molar-refractivity contribution in [1.29, 1.82) is 0 Å². The second kappa shape index (κ2) is 7.35. The van der Waals surface area contributed by atoms with Crippen LogP contribution in [0.3, 0.4) is 0 Å². The minimum absolute atomic E-state index is 0.0534. The first-order chi connectivity index (χ1) is 11.5. The second-order valence-electron chi connectivity index (χ2n) is 6.78. The molecule has 1 saturated carbocycles. The maximum Gasteiger partial charge on any atom is 0.240 e. The van der Waals surface area contributed by atoms with Crippen molar-refractivity contribution in [2.75, 3.05) is 13.2 Å². The number of nitrogens with one attached hydrogen (secondary N) is 1. The average Bonchev–Trinajstić information content (AvgIpc) is 3.37. The van der Waals surface area contributed by atoms with E-state index in [0.29, 0.717) is 36.9 Å². The molecule has 24 heavy (non-hydrogen) atoms. The summed E-state index contributed by atoms with van der Waals surface area (Å²) in [6.07, 6.45) is 8.03. The number of hydrogen-bond donors (Lipinski definition) is 2. The third kappa shape index (κ3) is 4.45. The molecule has 1 aliphatic carbocycles. The Morgan fingerprint density at radius 1 is 1.25 bits per heavy atom. The highest BCUT2D eigenvalue weighted by Crippen LogP contribution is 2.32. The standard InChI is InChI=1S/C18H26N2O3S/c1-13(19)18-7-6-17(12-15(18)5-4-14-2-3-14)24(21,22)20-16-8-10-23-11-9-16/h4-7,12-14,16,20H,2-3,8-11,19H2,1H3/b5-4+/t13-/m1/s1. The van der Waals surface area contributed by atoms with Crippen LogP contribution < -0.4 is 10.5 Å². The van der Waals surface area contributed by atoms with Gasteiger partial charge in [-0.15, -0.1) is 0 Å². The highest BCUT2D eigenvalue weighted by molar-refractivity contribution is 7.89. The summed E-state index contributed by atoms with van der Waals surface area (Å²) >= 11 is 0. The number of benzene rings is 1. The Labute approximate surface area is 144 Å². The van der Waals surface area contributed by atoms with E-state index in [1.54, 1.807) is 12.1 Å². The zero-order valence-electron chi connectivity index (χ0n) is 14.1. The quantitative estimate of drug-likeness (QED) is 0.826.